The Morgan fingerprint density at radius 2 is 1.70 bits per heavy atom. The van der Waals surface area contributed by atoms with Crippen molar-refractivity contribution in [2.75, 3.05) is 20.6 Å². The van der Waals surface area contributed by atoms with Crippen molar-refractivity contribution in [3.05, 3.63) is 59.6 Å². The Morgan fingerprint density at radius 1 is 1.00 bits per heavy atom. The fourth-order valence-corrected chi connectivity index (χ4v) is 3.44. The van der Waals surface area contributed by atoms with Crippen LogP contribution in [-0.4, -0.2) is 25.5 Å². The molecule has 3 rings (SSSR count). The summed E-state index contributed by atoms with van der Waals surface area (Å²) in [6.45, 7) is 3.39. The molecule has 0 bridgehead atoms. The van der Waals surface area contributed by atoms with Gasteiger partial charge in [0, 0.05) is 14.6 Å². The second-order valence-corrected chi connectivity index (χ2v) is 6.98. The van der Waals surface area contributed by atoms with Gasteiger partial charge in [0.15, 0.2) is 0 Å². The summed E-state index contributed by atoms with van der Waals surface area (Å²) in [4.78, 5) is 3.47. The largest absolute Gasteiger partial charge is 0.309 e. The van der Waals surface area contributed by atoms with E-state index in [4.69, 9.17) is 11.6 Å². The lowest BCUT2D eigenvalue weighted by molar-refractivity contribution is 0.408. The van der Waals surface area contributed by atoms with Crippen molar-refractivity contribution in [2.45, 2.75) is 13.3 Å². The van der Waals surface area contributed by atoms with Crippen molar-refractivity contribution in [1.82, 2.24) is 4.90 Å². The molecule has 124 valence electrons. The molecule has 0 saturated carbocycles. The molecule has 2 aromatic carbocycles. The Hall–Kier alpha value is -1.06. The highest BCUT2D eigenvalue weighted by Gasteiger charge is 2.03. The number of hydrogen-bond acceptors (Lipinski definition) is 2. The van der Waals surface area contributed by atoms with Gasteiger partial charge in [0.2, 0.25) is 0 Å². The molecule has 0 saturated heterocycles. The van der Waals surface area contributed by atoms with Crippen molar-refractivity contribution in [1.29, 1.82) is 0 Å². The van der Waals surface area contributed by atoms with Crippen molar-refractivity contribution in [2.24, 2.45) is 0 Å². The summed E-state index contributed by atoms with van der Waals surface area (Å²) in [5, 5.41) is 2.02. The molecule has 1 nitrogen and oxygen atoms in total. The second kappa shape index (κ2) is 9.94. The fourth-order valence-electron chi connectivity index (χ4n) is 2.21. The quantitative estimate of drug-likeness (QED) is 0.503. The van der Waals surface area contributed by atoms with Gasteiger partial charge in [-0.25, -0.2) is 0 Å². The molecule has 23 heavy (non-hydrogen) atoms. The molecule has 0 radical (unpaired) electrons. The summed E-state index contributed by atoms with van der Waals surface area (Å²) in [5.41, 5.74) is 1.26. The molecule has 0 atom stereocenters. The number of rotatable bonds is 3. The predicted octanol–water partition coefficient (Wildman–Crippen LogP) is 6.60. The van der Waals surface area contributed by atoms with Crippen LogP contribution in [0.5, 0.6) is 0 Å². The van der Waals surface area contributed by atoms with Gasteiger partial charge >= 0.3 is 0 Å². The van der Waals surface area contributed by atoms with E-state index in [1.54, 1.807) is 11.3 Å². The van der Waals surface area contributed by atoms with Crippen LogP contribution in [0.2, 0.25) is 5.02 Å². The highest BCUT2D eigenvalue weighted by Crippen LogP contribution is 2.34. The lowest BCUT2D eigenvalue weighted by atomic mass is 10.1. The fraction of sp³-hybridized carbons (Fsp3) is 0.263. The van der Waals surface area contributed by atoms with E-state index >= 15 is 0 Å². The first-order valence-electron chi connectivity index (χ1n) is 7.49. The SMILES string of the molecule is CCCN(C)C.Cl.Clc1ccc2sc(-c3ccccc3)cc2c1. The molecular weight excluding hydrogens is 345 g/mol. The third-order valence-corrected chi connectivity index (χ3v) is 4.61. The van der Waals surface area contributed by atoms with Gasteiger partial charge in [-0.1, -0.05) is 48.9 Å². The van der Waals surface area contributed by atoms with E-state index in [0.29, 0.717) is 0 Å². The smallest absolute Gasteiger partial charge is 0.0412 e. The zero-order valence-corrected chi connectivity index (χ0v) is 16.1. The number of halogens is 2. The number of benzene rings is 2. The van der Waals surface area contributed by atoms with E-state index in [2.05, 4.69) is 62.3 Å². The van der Waals surface area contributed by atoms with Crippen LogP contribution in [0.25, 0.3) is 20.5 Å². The first-order chi connectivity index (χ1) is 10.6. The van der Waals surface area contributed by atoms with Gasteiger partial charge in [0.05, 0.1) is 0 Å². The van der Waals surface area contributed by atoms with E-state index < -0.39 is 0 Å². The summed E-state index contributed by atoms with van der Waals surface area (Å²) in [6, 6.07) is 18.6. The highest BCUT2D eigenvalue weighted by atomic mass is 35.5. The molecule has 0 aliphatic carbocycles. The van der Waals surface area contributed by atoms with Crippen LogP contribution in [0.1, 0.15) is 13.3 Å². The average molecular weight is 368 g/mol. The van der Waals surface area contributed by atoms with Crippen molar-refractivity contribution >= 4 is 45.4 Å². The average Bonchev–Trinajstić information content (AvgIpc) is 2.91. The van der Waals surface area contributed by atoms with Gasteiger partial charge in [-0.15, -0.1) is 23.7 Å². The normalized spacial score (nSPS) is 10.1. The van der Waals surface area contributed by atoms with Crippen molar-refractivity contribution < 1.29 is 0 Å². The Bertz CT molecular complexity index is 708. The summed E-state index contributed by atoms with van der Waals surface area (Å²) >= 11 is 7.78. The van der Waals surface area contributed by atoms with Crippen LogP contribution in [0.4, 0.5) is 0 Å². The first-order valence-corrected chi connectivity index (χ1v) is 8.69. The maximum Gasteiger partial charge on any atom is 0.0412 e. The number of nitrogens with zero attached hydrogens (tertiary/aromatic N) is 1. The molecule has 0 N–H and O–H groups in total. The van der Waals surface area contributed by atoms with Crippen molar-refractivity contribution in [3.8, 4) is 10.4 Å². The summed E-state index contributed by atoms with van der Waals surface area (Å²) < 4.78 is 1.28. The van der Waals surface area contributed by atoms with Gasteiger partial charge in [0.25, 0.3) is 0 Å². The van der Waals surface area contributed by atoms with E-state index in [9.17, 15) is 0 Å². The van der Waals surface area contributed by atoms with Crippen LogP contribution < -0.4 is 0 Å². The van der Waals surface area contributed by atoms with Gasteiger partial charge < -0.3 is 4.90 Å². The molecule has 1 heterocycles. The number of thiophene rings is 1. The van der Waals surface area contributed by atoms with Crippen LogP contribution in [0.15, 0.2) is 54.6 Å². The Kier molecular flexibility index (Phi) is 8.64. The van der Waals surface area contributed by atoms with Gasteiger partial charge in [0.1, 0.15) is 0 Å². The molecule has 3 aromatic rings. The number of fused-ring (bicyclic) bond motifs is 1. The van der Waals surface area contributed by atoms with E-state index in [0.717, 1.165) is 5.02 Å². The molecule has 0 spiro atoms. The van der Waals surface area contributed by atoms with E-state index in [1.165, 1.54) is 33.5 Å². The maximum absolute atomic E-state index is 5.98. The summed E-state index contributed by atoms with van der Waals surface area (Å²) in [6.07, 6.45) is 1.26. The predicted molar refractivity (Wildman–Crippen MR) is 108 cm³/mol. The minimum absolute atomic E-state index is 0. The molecular formula is C19H23Cl2NS. The molecule has 0 fully saturated rings. The van der Waals surface area contributed by atoms with Gasteiger partial charge in [-0.05, 0) is 62.3 Å². The Balaban J connectivity index is 0.000000330. The highest BCUT2D eigenvalue weighted by molar-refractivity contribution is 7.22. The minimum atomic E-state index is 0. The van der Waals surface area contributed by atoms with Gasteiger partial charge in [-0.3, -0.25) is 0 Å². The molecule has 1 aromatic heterocycles. The van der Waals surface area contributed by atoms with Crippen LogP contribution in [0.3, 0.4) is 0 Å². The monoisotopic (exact) mass is 367 g/mol. The molecule has 0 amide bonds. The Labute approximate surface area is 154 Å². The van der Waals surface area contributed by atoms with Crippen molar-refractivity contribution in [3.63, 3.8) is 0 Å². The third-order valence-electron chi connectivity index (χ3n) is 3.21. The minimum Gasteiger partial charge on any atom is -0.309 e. The van der Waals surface area contributed by atoms with E-state index in [1.807, 2.05) is 18.2 Å². The summed E-state index contributed by atoms with van der Waals surface area (Å²) in [7, 11) is 4.17. The molecule has 0 unspecified atom stereocenters. The molecule has 0 aliphatic rings. The topological polar surface area (TPSA) is 3.24 Å². The maximum atomic E-state index is 5.98. The molecule has 0 aliphatic heterocycles. The summed E-state index contributed by atoms with van der Waals surface area (Å²) in [5.74, 6) is 0. The zero-order valence-electron chi connectivity index (χ0n) is 13.8. The molecule has 4 heteroatoms. The number of hydrogen-bond donors (Lipinski definition) is 0. The van der Waals surface area contributed by atoms with Crippen LogP contribution in [0, 0.1) is 0 Å². The second-order valence-electron chi connectivity index (χ2n) is 5.46. The zero-order chi connectivity index (χ0) is 15.9. The van der Waals surface area contributed by atoms with Crippen LogP contribution in [-0.2, 0) is 0 Å². The third kappa shape index (κ3) is 6.15. The van der Waals surface area contributed by atoms with E-state index in [-0.39, 0.29) is 12.4 Å². The lowest BCUT2D eigenvalue weighted by Crippen LogP contribution is -2.11. The Morgan fingerprint density at radius 3 is 2.26 bits per heavy atom. The van der Waals surface area contributed by atoms with Gasteiger partial charge in [-0.2, -0.15) is 0 Å². The first kappa shape index (κ1) is 20.0. The lowest BCUT2D eigenvalue weighted by Gasteiger charge is -2.03. The van der Waals surface area contributed by atoms with Crippen LogP contribution >= 0.6 is 35.3 Å². The standard InChI is InChI=1S/C14H9ClS.C5H13N.ClH/c15-12-6-7-13-11(8-12)9-14(16-13)10-4-2-1-3-5-10;1-4-5-6(2)3;/h1-9H;4-5H2,1-3H3;1H.